The molecule has 2 aliphatic rings. The van der Waals surface area contributed by atoms with Crippen molar-refractivity contribution in [3.8, 4) is 0 Å². The van der Waals surface area contributed by atoms with Crippen LogP contribution in [0, 0.1) is 11.8 Å². The Labute approximate surface area is 144 Å². The third kappa shape index (κ3) is 4.40. The van der Waals surface area contributed by atoms with Gasteiger partial charge in [0.1, 0.15) is 0 Å². The molecule has 1 aliphatic heterocycles. The molecule has 1 aromatic heterocycles. The van der Waals surface area contributed by atoms with Crippen LogP contribution in [0.4, 0.5) is 10.5 Å². The zero-order chi connectivity index (χ0) is 16.9. The number of nitrogens with one attached hydrogen (secondary N) is 1. The molecule has 5 nitrogen and oxygen atoms in total. The van der Waals surface area contributed by atoms with Gasteiger partial charge in [-0.25, -0.2) is 4.79 Å². The summed E-state index contributed by atoms with van der Waals surface area (Å²) in [6.45, 7) is 1.65. The number of amides is 2. The van der Waals surface area contributed by atoms with Crippen molar-refractivity contribution in [1.82, 2.24) is 9.47 Å². The molecule has 1 aliphatic carbocycles. The molecule has 0 unspecified atom stereocenters. The Hall–Kier alpha value is -1.78. The molecule has 0 atom stereocenters. The lowest BCUT2D eigenvalue weighted by Crippen LogP contribution is -2.41. The molecule has 0 bridgehead atoms. The first-order valence-electron chi connectivity index (χ1n) is 9.34. The molecule has 0 radical (unpaired) electrons. The maximum atomic E-state index is 12.4. The summed E-state index contributed by atoms with van der Waals surface area (Å²) >= 11 is 0. The highest BCUT2D eigenvalue weighted by molar-refractivity contribution is 5.89. The second-order valence-corrected chi connectivity index (χ2v) is 7.46. The lowest BCUT2D eigenvalue weighted by atomic mass is 9.80. The molecule has 2 heterocycles. The second kappa shape index (κ2) is 7.86. The lowest BCUT2D eigenvalue weighted by Gasteiger charge is -2.34. The minimum absolute atomic E-state index is 0.0839. The van der Waals surface area contributed by atoms with E-state index in [-0.39, 0.29) is 11.6 Å². The number of piperidine rings is 1. The topological polar surface area (TPSA) is 54.3 Å². The quantitative estimate of drug-likeness (QED) is 0.920. The molecule has 132 valence electrons. The standard InChI is InChI=1S/C19H29N3O2/c1-21-10-9-17(14-18(21)23)20-19(24)22-11-7-16(8-12-22)13-15-5-3-2-4-6-15/h9-10,14-16H,2-8,11-13H2,1H3,(H,20,24). The van der Waals surface area contributed by atoms with Crippen molar-refractivity contribution < 1.29 is 4.79 Å². The number of pyridine rings is 1. The van der Waals surface area contributed by atoms with E-state index >= 15 is 0 Å². The van der Waals surface area contributed by atoms with Crippen molar-refractivity contribution in [2.45, 2.75) is 51.4 Å². The molecule has 0 aromatic carbocycles. The zero-order valence-corrected chi connectivity index (χ0v) is 14.7. The van der Waals surface area contributed by atoms with E-state index in [1.165, 1.54) is 49.2 Å². The van der Waals surface area contributed by atoms with Crippen LogP contribution >= 0.6 is 0 Å². The number of anilines is 1. The van der Waals surface area contributed by atoms with E-state index in [1.807, 2.05) is 4.90 Å². The van der Waals surface area contributed by atoms with E-state index in [2.05, 4.69) is 5.32 Å². The minimum Gasteiger partial charge on any atom is -0.325 e. The summed E-state index contributed by atoms with van der Waals surface area (Å²) in [6, 6.07) is 3.14. The van der Waals surface area contributed by atoms with Gasteiger partial charge in [-0.15, -0.1) is 0 Å². The van der Waals surface area contributed by atoms with Crippen LogP contribution in [0.25, 0.3) is 0 Å². The van der Waals surface area contributed by atoms with Crippen molar-refractivity contribution >= 4 is 11.7 Å². The molecule has 5 heteroatoms. The smallest absolute Gasteiger partial charge is 0.321 e. The van der Waals surface area contributed by atoms with Gasteiger partial charge in [0.25, 0.3) is 5.56 Å². The van der Waals surface area contributed by atoms with Gasteiger partial charge in [-0.3, -0.25) is 4.79 Å². The Balaban J connectivity index is 1.46. The van der Waals surface area contributed by atoms with Gasteiger partial charge in [0.15, 0.2) is 0 Å². The van der Waals surface area contributed by atoms with Gasteiger partial charge in [0.2, 0.25) is 0 Å². The van der Waals surface area contributed by atoms with E-state index in [0.717, 1.165) is 37.8 Å². The van der Waals surface area contributed by atoms with Gasteiger partial charge >= 0.3 is 6.03 Å². The third-order valence-electron chi connectivity index (χ3n) is 5.65. The average molecular weight is 331 g/mol. The van der Waals surface area contributed by atoms with Crippen LogP contribution in [0.15, 0.2) is 23.1 Å². The fourth-order valence-corrected chi connectivity index (χ4v) is 4.09. The Morgan fingerprint density at radius 2 is 1.79 bits per heavy atom. The lowest BCUT2D eigenvalue weighted by molar-refractivity contribution is 0.166. The van der Waals surface area contributed by atoms with E-state index in [4.69, 9.17) is 0 Å². The van der Waals surface area contributed by atoms with Crippen LogP contribution in [0.3, 0.4) is 0 Å². The number of hydrogen-bond acceptors (Lipinski definition) is 2. The number of aryl methyl sites for hydroxylation is 1. The van der Waals surface area contributed by atoms with E-state index in [9.17, 15) is 9.59 Å². The number of hydrogen-bond donors (Lipinski definition) is 1. The molecule has 1 saturated carbocycles. The van der Waals surface area contributed by atoms with Crippen LogP contribution in [0.1, 0.15) is 51.4 Å². The maximum Gasteiger partial charge on any atom is 0.321 e. The summed E-state index contributed by atoms with van der Waals surface area (Å²) in [5.41, 5.74) is 0.464. The van der Waals surface area contributed by atoms with Crippen molar-refractivity contribution in [1.29, 1.82) is 0 Å². The van der Waals surface area contributed by atoms with Gasteiger partial charge < -0.3 is 14.8 Å². The number of carbonyl (C=O) groups is 1. The first-order valence-corrected chi connectivity index (χ1v) is 9.34. The Bertz CT molecular complexity index is 611. The maximum absolute atomic E-state index is 12.4. The van der Waals surface area contributed by atoms with Gasteiger partial charge in [-0.05, 0) is 37.2 Å². The van der Waals surface area contributed by atoms with Gasteiger partial charge in [0, 0.05) is 38.1 Å². The molecule has 2 amide bonds. The Kier molecular flexibility index (Phi) is 5.59. The van der Waals surface area contributed by atoms with Crippen molar-refractivity contribution in [2.75, 3.05) is 18.4 Å². The van der Waals surface area contributed by atoms with Crippen molar-refractivity contribution in [3.63, 3.8) is 0 Å². The highest BCUT2D eigenvalue weighted by atomic mass is 16.2. The fourth-order valence-electron chi connectivity index (χ4n) is 4.09. The van der Waals surface area contributed by atoms with Crippen LogP contribution in [-0.4, -0.2) is 28.6 Å². The van der Waals surface area contributed by atoms with Gasteiger partial charge in [-0.2, -0.15) is 0 Å². The third-order valence-corrected chi connectivity index (χ3v) is 5.65. The summed E-state index contributed by atoms with van der Waals surface area (Å²) in [4.78, 5) is 25.9. The number of urea groups is 1. The Morgan fingerprint density at radius 1 is 1.12 bits per heavy atom. The molecule has 1 aromatic rings. The molecular weight excluding hydrogens is 302 g/mol. The first kappa shape index (κ1) is 17.1. The van der Waals surface area contributed by atoms with Gasteiger partial charge in [0.05, 0.1) is 0 Å². The normalized spacial score (nSPS) is 20.1. The van der Waals surface area contributed by atoms with E-state index in [1.54, 1.807) is 19.3 Å². The monoisotopic (exact) mass is 331 g/mol. The fraction of sp³-hybridized carbons (Fsp3) is 0.684. The van der Waals surface area contributed by atoms with Crippen LogP contribution in [-0.2, 0) is 7.05 Å². The molecular formula is C19H29N3O2. The number of aromatic nitrogens is 1. The van der Waals surface area contributed by atoms with Crippen molar-refractivity contribution in [3.05, 3.63) is 28.7 Å². The largest absolute Gasteiger partial charge is 0.325 e. The average Bonchev–Trinajstić information content (AvgIpc) is 2.60. The summed E-state index contributed by atoms with van der Waals surface area (Å²) in [6.07, 6.45) is 12.3. The summed E-state index contributed by atoms with van der Waals surface area (Å²) in [5, 5.41) is 2.85. The predicted molar refractivity (Wildman–Crippen MR) is 96.2 cm³/mol. The number of likely N-dealkylation sites (tertiary alicyclic amines) is 1. The molecule has 1 N–H and O–H groups in total. The highest BCUT2D eigenvalue weighted by Crippen LogP contribution is 2.32. The van der Waals surface area contributed by atoms with Gasteiger partial charge in [-0.1, -0.05) is 32.1 Å². The van der Waals surface area contributed by atoms with Crippen LogP contribution in [0.5, 0.6) is 0 Å². The number of rotatable bonds is 3. The summed E-state index contributed by atoms with van der Waals surface area (Å²) in [7, 11) is 1.70. The van der Waals surface area contributed by atoms with E-state index < -0.39 is 0 Å². The SMILES string of the molecule is Cn1ccc(NC(=O)N2CCC(CC3CCCCC3)CC2)cc1=O. The molecule has 0 spiro atoms. The minimum atomic E-state index is -0.112. The molecule has 1 saturated heterocycles. The Morgan fingerprint density at radius 3 is 2.46 bits per heavy atom. The van der Waals surface area contributed by atoms with Crippen LogP contribution < -0.4 is 10.9 Å². The summed E-state index contributed by atoms with van der Waals surface area (Å²) < 4.78 is 1.49. The predicted octanol–water partition coefficient (Wildman–Crippen LogP) is 3.60. The molecule has 3 rings (SSSR count). The zero-order valence-electron chi connectivity index (χ0n) is 14.7. The summed E-state index contributed by atoms with van der Waals surface area (Å²) in [5.74, 6) is 1.70. The highest BCUT2D eigenvalue weighted by Gasteiger charge is 2.25. The first-order chi connectivity index (χ1) is 11.6. The van der Waals surface area contributed by atoms with E-state index in [0.29, 0.717) is 5.69 Å². The number of nitrogens with zero attached hydrogens (tertiary/aromatic N) is 2. The van der Waals surface area contributed by atoms with Crippen molar-refractivity contribution in [2.24, 2.45) is 18.9 Å². The second-order valence-electron chi connectivity index (χ2n) is 7.46. The number of carbonyl (C=O) groups excluding carboxylic acids is 1. The van der Waals surface area contributed by atoms with Crippen LogP contribution in [0.2, 0.25) is 0 Å². The molecule has 2 fully saturated rings. The molecule has 24 heavy (non-hydrogen) atoms.